The predicted molar refractivity (Wildman–Crippen MR) is 222 cm³/mol. The van der Waals surface area contributed by atoms with Crippen molar-refractivity contribution in [2.45, 2.75) is 158 Å². The van der Waals surface area contributed by atoms with E-state index in [4.69, 9.17) is 27.1 Å². The maximum atomic E-state index is 16.9. The summed E-state index contributed by atoms with van der Waals surface area (Å²) >= 11 is 7.26. The van der Waals surface area contributed by atoms with Crippen LogP contribution in [0.25, 0.3) is 11.3 Å². The number of halogens is 4. The van der Waals surface area contributed by atoms with Gasteiger partial charge in [0.05, 0.1) is 21.8 Å². The van der Waals surface area contributed by atoms with Crippen LogP contribution in [0.1, 0.15) is 147 Å². The third-order valence-electron chi connectivity index (χ3n) is 11.3. The number of rotatable bonds is 18. The fourth-order valence-electron chi connectivity index (χ4n) is 8.31. The lowest BCUT2D eigenvalue weighted by Gasteiger charge is -2.33. The second-order valence-electron chi connectivity index (χ2n) is 15.3. The second-order valence-corrected chi connectivity index (χ2v) is 15.7. The van der Waals surface area contributed by atoms with E-state index in [1.807, 2.05) is 26.8 Å². The summed E-state index contributed by atoms with van der Waals surface area (Å²) in [5.41, 5.74) is 7.71. The molecule has 4 rings (SSSR count). The van der Waals surface area contributed by atoms with Gasteiger partial charge in [0.2, 0.25) is 5.88 Å². The highest BCUT2D eigenvalue weighted by molar-refractivity contribution is 6.35. The van der Waals surface area contributed by atoms with Crippen molar-refractivity contribution in [3.63, 3.8) is 0 Å². The van der Waals surface area contributed by atoms with Crippen molar-refractivity contribution in [1.29, 1.82) is 0 Å². The van der Waals surface area contributed by atoms with Crippen molar-refractivity contribution in [3.05, 3.63) is 56.7 Å². The third kappa shape index (κ3) is 11.5. The summed E-state index contributed by atoms with van der Waals surface area (Å²) in [6.45, 7) is 22.0. The van der Waals surface area contributed by atoms with E-state index in [9.17, 15) is 0 Å². The fraction of sp³-hybridized carbons (Fsp3) is 0.682. The first kappa shape index (κ1) is 45.8. The van der Waals surface area contributed by atoms with E-state index in [0.29, 0.717) is 59.7 Å². The Morgan fingerprint density at radius 3 is 2.54 bits per heavy atom. The van der Waals surface area contributed by atoms with Crippen molar-refractivity contribution in [3.8, 4) is 11.3 Å². The molecule has 2 aliphatic heterocycles. The van der Waals surface area contributed by atoms with Crippen LogP contribution in [0.2, 0.25) is 5.02 Å². The molecule has 10 heteroatoms. The summed E-state index contributed by atoms with van der Waals surface area (Å²) in [5, 5.41) is 3.65. The minimum absolute atomic E-state index is 0.0248. The number of piperidine rings is 1. The van der Waals surface area contributed by atoms with Gasteiger partial charge >= 0.3 is 0 Å². The SMILES string of the molecule is CC.CCC/C=C(/N=C(/C)c1c(C)c(F)c(-c2nc(N)cc(C)c2C(C)(F)F)c(Cl)c1CC[C@H](CNCCC)C(C)CC)OCC1CCC2CCCCN21. The van der Waals surface area contributed by atoms with Crippen LogP contribution in [-0.4, -0.2) is 53.9 Å². The number of pyridine rings is 1. The fourth-order valence-corrected chi connectivity index (χ4v) is 8.67. The highest BCUT2D eigenvalue weighted by Gasteiger charge is 2.36. The van der Waals surface area contributed by atoms with Crippen LogP contribution < -0.4 is 11.1 Å². The quantitative estimate of drug-likeness (QED) is 0.0896. The summed E-state index contributed by atoms with van der Waals surface area (Å²) in [5.74, 6) is -2.71. The second kappa shape index (κ2) is 21.6. The number of aryl methyl sites for hydroxylation is 1. The number of unbranched alkanes of at least 4 members (excludes halogenated alkanes) is 1. The Bertz CT molecular complexity index is 1570. The van der Waals surface area contributed by atoms with Gasteiger partial charge in [0, 0.05) is 30.3 Å². The molecule has 54 heavy (non-hydrogen) atoms. The van der Waals surface area contributed by atoms with Crippen LogP contribution in [0.5, 0.6) is 0 Å². The number of alkyl halides is 2. The first-order chi connectivity index (χ1) is 25.7. The van der Waals surface area contributed by atoms with Crippen LogP contribution >= 0.6 is 11.6 Å². The number of hydrogen-bond acceptors (Lipinski definition) is 6. The molecule has 4 atom stereocenters. The topological polar surface area (TPSA) is 75.8 Å². The number of allylic oxidation sites excluding steroid dienone is 1. The number of nitrogens with one attached hydrogen (secondary N) is 1. The molecular formula is C44H69ClF3N5O. The molecular weight excluding hydrogens is 707 g/mol. The van der Waals surface area contributed by atoms with Gasteiger partial charge in [-0.15, -0.1) is 0 Å². The van der Waals surface area contributed by atoms with Gasteiger partial charge in [-0.2, -0.15) is 0 Å². The Labute approximate surface area is 330 Å². The molecule has 0 saturated carbocycles. The molecule has 3 N–H and O–H groups in total. The molecule has 0 amide bonds. The Morgan fingerprint density at radius 2 is 1.89 bits per heavy atom. The molecule has 6 nitrogen and oxygen atoms in total. The molecule has 2 aromatic rings. The first-order valence-corrected chi connectivity index (χ1v) is 21.1. The average molecular weight is 777 g/mol. The molecule has 2 aliphatic rings. The Morgan fingerprint density at radius 1 is 1.17 bits per heavy atom. The minimum atomic E-state index is -3.31. The molecule has 1 aromatic heterocycles. The van der Waals surface area contributed by atoms with Crippen molar-refractivity contribution in [1.82, 2.24) is 15.2 Å². The van der Waals surface area contributed by atoms with Crippen molar-refractivity contribution >= 4 is 23.1 Å². The number of nitrogens with two attached hydrogens (primary N) is 1. The van der Waals surface area contributed by atoms with E-state index in [-0.39, 0.29) is 38.8 Å². The van der Waals surface area contributed by atoms with E-state index in [2.05, 4.69) is 42.9 Å². The van der Waals surface area contributed by atoms with Gasteiger partial charge in [-0.3, -0.25) is 4.90 Å². The third-order valence-corrected chi connectivity index (χ3v) is 11.7. The molecule has 2 fully saturated rings. The number of nitrogens with zero attached hydrogens (tertiary/aromatic N) is 3. The van der Waals surface area contributed by atoms with Gasteiger partial charge in [-0.25, -0.2) is 23.1 Å². The lowest BCUT2D eigenvalue weighted by atomic mass is 9.83. The number of anilines is 1. The van der Waals surface area contributed by atoms with E-state index >= 15 is 13.2 Å². The average Bonchev–Trinajstić information content (AvgIpc) is 3.55. The zero-order valence-electron chi connectivity index (χ0n) is 34.9. The molecule has 0 spiro atoms. The molecule has 3 heterocycles. The maximum Gasteiger partial charge on any atom is 0.272 e. The molecule has 0 aliphatic carbocycles. The minimum Gasteiger partial charge on any atom is -0.476 e. The van der Waals surface area contributed by atoms with Crippen molar-refractivity contribution in [2.24, 2.45) is 16.8 Å². The number of ether oxygens (including phenoxy) is 1. The predicted octanol–water partition coefficient (Wildman–Crippen LogP) is 12.0. The smallest absolute Gasteiger partial charge is 0.272 e. The van der Waals surface area contributed by atoms with Crippen molar-refractivity contribution in [2.75, 3.05) is 32.0 Å². The zero-order valence-corrected chi connectivity index (χ0v) is 35.7. The Kier molecular flexibility index (Phi) is 18.3. The Hall–Kier alpha value is -2.62. The number of nitrogen functional groups attached to an aromatic ring is 1. The molecule has 304 valence electrons. The monoisotopic (exact) mass is 776 g/mol. The largest absolute Gasteiger partial charge is 0.476 e. The standard InChI is InChI=1S/C42H63ClF3N5O.C2H6/c1-9-12-16-35(52-25-32-19-18-31-15-13-14-22-51(31)32)49-29(7)36-28(6)40(44)37(41-38(42(8,45)46)27(5)23-34(47)50-41)39(43)33(36)20-17-30(26(4)11-3)24-48-21-10-2;1-2/h16,23,26,30-32,48H,9-15,17-22,24-25H2,1-8H3,(H2,47,50);1-2H3/b35-16-,49-29-;/t26?,30-,31?,32?;/m1./s1. The van der Waals surface area contributed by atoms with Gasteiger partial charge in [0.15, 0.2) is 0 Å². The summed E-state index contributed by atoms with van der Waals surface area (Å²) in [4.78, 5) is 11.9. The summed E-state index contributed by atoms with van der Waals surface area (Å²) in [6.07, 6.45) is 13.1. The lowest BCUT2D eigenvalue weighted by molar-refractivity contribution is 0.0171. The normalized spacial score (nSPS) is 19.3. The molecule has 3 unspecified atom stereocenters. The van der Waals surface area contributed by atoms with Crippen LogP contribution in [0.3, 0.4) is 0 Å². The maximum absolute atomic E-state index is 16.9. The molecule has 0 radical (unpaired) electrons. The van der Waals surface area contributed by atoms with Crippen LogP contribution in [0.15, 0.2) is 23.0 Å². The van der Waals surface area contributed by atoms with E-state index in [1.165, 1.54) is 31.7 Å². The zero-order chi connectivity index (χ0) is 40.2. The summed E-state index contributed by atoms with van der Waals surface area (Å²) in [7, 11) is 0. The van der Waals surface area contributed by atoms with Gasteiger partial charge in [-0.1, -0.05) is 72.4 Å². The number of hydrogen-bond donors (Lipinski definition) is 2. The molecule has 0 bridgehead atoms. The number of aliphatic imine (C=N–C) groups is 1. The van der Waals surface area contributed by atoms with E-state index < -0.39 is 11.7 Å². The number of benzene rings is 1. The summed E-state index contributed by atoms with van der Waals surface area (Å²) < 4.78 is 53.8. The molecule has 2 saturated heterocycles. The van der Waals surface area contributed by atoms with E-state index in [1.54, 1.807) is 13.8 Å². The van der Waals surface area contributed by atoms with Gasteiger partial charge in [0.1, 0.15) is 18.2 Å². The van der Waals surface area contributed by atoms with Crippen LogP contribution in [-0.2, 0) is 17.1 Å². The highest BCUT2D eigenvalue weighted by atomic mass is 35.5. The highest BCUT2D eigenvalue weighted by Crippen LogP contribution is 2.45. The van der Waals surface area contributed by atoms with Crippen molar-refractivity contribution < 1.29 is 17.9 Å². The first-order valence-electron chi connectivity index (χ1n) is 20.7. The van der Waals surface area contributed by atoms with E-state index in [0.717, 1.165) is 65.1 Å². The van der Waals surface area contributed by atoms with Gasteiger partial charge in [-0.05, 0) is 132 Å². The lowest BCUT2D eigenvalue weighted by Crippen LogP contribution is -2.41. The van der Waals surface area contributed by atoms with Crippen LogP contribution in [0.4, 0.5) is 19.0 Å². The summed E-state index contributed by atoms with van der Waals surface area (Å²) in [6, 6.07) is 2.39. The number of fused-ring (bicyclic) bond motifs is 1. The number of aromatic nitrogens is 1. The Balaban J connectivity index is 0.00000385. The van der Waals surface area contributed by atoms with Gasteiger partial charge in [0.25, 0.3) is 5.92 Å². The van der Waals surface area contributed by atoms with Crippen LogP contribution in [0, 0.1) is 31.5 Å². The molecule has 1 aromatic carbocycles. The van der Waals surface area contributed by atoms with Gasteiger partial charge < -0.3 is 15.8 Å².